The van der Waals surface area contributed by atoms with Crippen LogP contribution < -0.4 is 18.9 Å². The highest BCUT2D eigenvalue weighted by Gasteiger charge is 2.38. The standard InChI is InChI=1S/C26H29NO6S/c1-17-6-9-20(10-7-17)34(28,29)27-13-12-18-14-24(32-4)25(33-5)16-21(18)26(27)19-8-11-22(30-2)23(15-19)31-3/h6-11,14-16,26H,12-13H2,1-5H3. The molecule has 0 aromatic heterocycles. The van der Waals surface area contributed by atoms with E-state index in [2.05, 4.69) is 0 Å². The molecule has 34 heavy (non-hydrogen) atoms. The SMILES string of the molecule is COc1ccc(C2c3cc(OC)c(OC)cc3CCN2S(=O)(=O)c2ccc(C)cc2)cc1OC. The number of hydrogen-bond acceptors (Lipinski definition) is 6. The molecule has 0 saturated heterocycles. The first-order chi connectivity index (χ1) is 16.3. The van der Waals surface area contributed by atoms with Gasteiger partial charge in [0.05, 0.1) is 39.4 Å². The molecule has 0 aliphatic carbocycles. The number of aryl methyl sites for hydroxylation is 1. The van der Waals surface area contributed by atoms with Crippen LogP contribution in [0.15, 0.2) is 59.5 Å². The second-order valence-corrected chi connectivity index (χ2v) is 9.99. The summed E-state index contributed by atoms with van der Waals surface area (Å²) in [4.78, 5) is 0.257. The first-order valence-electron chi connectivity index (χ1n) is 10.9. The summed E-state index contributed by atoms with van der Waals surface area (Å²) in [6, 6.07) is 15.6. The van der Waals surface area contributed by atoms with Crippen molar-refractivity contribution < 1.29 is 27.4 Å². The van der Waals surface area contributed by atoms with E-state index in [-0.39, 0.29) is 4.90 Å². The summed E-state index contributed by atoms with van der Waals surface area (Å²) in [5.74, 6) is 2.26. The maximum atomic E-state index is 13.9. The van der Waals surface area contributed by atoms with E-state index in [0.29, 0.717) is 36.0 Å². The number of hydrogen-bond donors (Lipinski definition) is 0. The summed E-state index contributed by atoms with van der Waals surface area (Å²) in [7, 11) is 2.49. The fourth-order valence-electron chi connectivity index (χ4n) is 4.40. The van der Waals surface area contributed by atoms with Crippen LogP contribution in [0.25, 0.3) is 0 Å². The predicted molar refractivity (Wildman–Crippen MR) is 130 cm³/mol. The topological polar surface area (TPSA) is 74.3 Å². The van der Waals surface area contributed by atoms with E-state index in [1.807, 2.05) is 43.3 Å². The minimum absolute atomic E-state index is 0.257. The Kier molecular flexibility index (Phi) is 6.72. The van der Waals surface area contributed by atoms with Crippen molar-refractivity contribution in [1.29, 1.82) is 0 Å². The van der Waals surface area contributed by atoms with Gasteiger partial charge in [0.1, 0.15) is 0 Å². The van der Waals surface area contributed by atoms with Crippen LogP contribution in [0.1, 0.15) is 28.3 Å². The van der Waals surface area contributed by atoms with Crippen LogP contribution in [0.5, 0.6) is 23.0 Å². The second-order valence-electron chi connectivity index (χ2n) is 8.10. The minimum atomic E-state index is -3.80. The van der Waals surface area contributed by atoms with Gasteiger partial charge in [0, 0.05) is 6.54 Å². The third-order valence-corrected chi connectivity index (χ3v) is 8.06. The van der Waals surface area contributed by atoms with E-state index >= 15 is 0 Å². The van der Waals surface area contributed by atoms with Gasteiger partial charge in [0.2, 0.25) is 10.0 Å². The number of sulfonamides is 1. The van der Waals surface area contributed by atoms with Gasteiger partial charge in [-0.1, -0.05) is 23.8 Å². The Bertz CT molecular complexity index is 1290. The maximum Gasteiger partial charge on any atom is 0.243 e. The zero-order valence-electron chi connectivity index (χ0n) is 20.0. The molecule has 1 heterocycles. The lowest BCUT2D eigenvalue weighted by molar-refractivity contribution is 0.328. The van der Waals surface area contributed by atoms with Crippen molar-refractivity contribution in [3.8, 4) is 23.0 Å². The van der Waals surface area contributed by atoms with E-state index in [9.17, 15) is 8.42 Å². The Labute approximate surface area is 200 Å². The van der Waals surface area contributed by atoms with Gasteiger partial charge in [-0.15, -0.1) is 0 Å². The molecule has 0 bridgehead atoms. The van der Waals surface area contributed by atoms with Gasteiger partial charge in [0.15, 0.2) is 23.0 Å². The van der Waals surface area contributed by atoms with Crippen LogP contribution >= 0.6 is 0 Å². The molecule has 8 heteroatoms. The lowest BCUT2D eigenvalue weighted by Gasteiger charge is -2.37. The molecule has 0 amide bonds. The molecule has 0 spiro atoms. The molecule has 0 saturated carbocycles. The quantitative estimate of drug-likeness (QED) is 0.497. The fourth-order valence-corrected chi connectivity index (χ4v) is 5.99. The molecule has 3 aromatic rings. The first kappa shape index (κ1) is 23.9. The number of methoxy groups -OCH3 is 4. The van der Waals surface area contributed by atoms with Crippen LogP contribution in [0.4, 0.5) is 0 Å². The van der Waals surface area contributed by atoms with Crippen molar-refractivity contribution in [2.24, 2.45) is 0 Å². The maximum absolute atomic E-state index is 13.9. The third kappa shape index (κ3) is 4.19. The summed E-state index contributed by atoms with van der Waals surface area (Å²) in [6.45, 7) is 2.25. The molecular weight excluding hydrogens is 454 g/mol. The Balaban J connectivity index is 1.93. The lowest BCUT2D eigenvalue weighted by atomic mass is 9.89. The molecule has 1 atom stereocenters. The molecular formula is C26H29NO6S. The van der Waals surface area contributed by atoms with Crippen LogP contribution in [-0.4, -0.2) is 47.7 Å². The van der Waals surface area contributed by atoms with Crippen LogP contribution in [-0.2, 0) is 16.4 Å². The van der Waals surface area contributed by atoms with Crippen molar-refractivity contribution in [3.63, 3.8) is 0 Å². The van der Waals surface area contributed by atoms with Gasteiger partial charge in [-0.05, 0) is 66.4 Å². The minimum Gasteiger partial charge on any atom is -0.493 e. The highest BCUT2D eigenvalue weighted by atomic mass is 32.2. The molecule has 0 radical (unpaired) electrons. The van der Waals surface area contributed by atoms with Gasteiger partial charge in [-0.25, -0.2) is 8.42 Å². The smallest absolute Gasteiger partial charge is 0.243 e. The Morgan fingerprint density at radius 2 is 1.35 bits per heavy atom. The third-order valence-electron chi connectivity index (χ3n) is 6.18. The van der Waals surface area contributed by atoms with Gasteiger partial charge in [-0.2, -0.15) is 4.31 Å². The fraction of sp³-hybridized carbons (Fsp3) is 0.308. The van der Waals surface area contributed by atoms with Gasteiger partial charge < -0.3 is 18.9 Å². The molecule has 7 nitrogen and oxygen atoms in total. The summed E-state index contributed by atoms with van der Waals surface area (Å²) >= 11 is 0. The molecule has 180 valence electrons. The van der Waals surface area contributed by atoms with Gasteiger partial charge in [-0.3, -0.25) is 0 Å². The predicted octanol–water partition coefficient (Wildman–Crippen LogP) is 4.37. The Hall–Kier alpha value is -3.23. The van der Waals surface area contributed by atoms with E-state index in [1.165, 1.54) is 0 Å². The van der Waals surface area contributed by atoms with Crippen molar-refractivity contribution in [2.75, 3.05) is 35.0 Å². The van der Waals surface area contributed by atoms with Gasteiger partial charge >= 0.3 is 0 Å². The highest BCUT2D eigenvalue weighted by Crippen LogP contribution is 2.44. The normalized spacial score (nSPS) is 16.0. The molecule has 3 aromatic carbocycles. The monoisotopic (exact) mass is 483 g/mol. The number of fused-ring (bicyclic) bond motifs is 1. The molecule has 0 N–H and O–H groups in total. The molecule has 0 fully saturated rings. The van der Waals surface area contributed by atoms with Crippen LogP contribution in [0, 0.1) is 6.92 Å². The Morgan fingerprint density at radius 1 is 0.765 bits per heavy atom. The molecule has 4 rings (SSSR count). The number of rotatable bonds is 7. The van der Waals surface area contributed by atoms with Crippen molar-refractivity contribution in [1.82, 2.24) is 4.31 Å². The zero-order chi connectivity index (χ0) is 24.5. The lowest BCUT2D eigenvalue weighted by Crippen LogP contribution is -2.40. The summed E-state index contributed by atoms with van der Waals surface area (Å²) in [5, 5.41) is 0. The van der Waals surface area contributed by atoms with Crippen LogP contribution in [0.2, 0.25) is 0 Å². The van der Waals surface area contributed by atoms with E-state index < -0.39 is 16.1 Å². The van der Waals surface area contributed by atoms with Crippen molar-refractivity contribution in [3.05, 3.63) is 76.9 Å². The van der Waals surface area contributed by atoms with Gasteiger partial charge in [0.25, 0.3) is 0 Å². The number of benzene rings is 3. The second kappa shape index (κ2) is 9.56. The average molecular weight is 484 g/mol. The van der Waals surface area contributed by atoms with Crippen LogP contribution in [0.3, 0.4) is 0 Å². The van der Waals surface area contributed by atoms with Crippen molar-refractivity contribution in [2.45, 2.75) is 24.3 Å². The largest absolute Gasteiger partial charge is 0.493 e. The molecule has 1 unspecified atom stereocenters. The number of nitrogens with zero attached hydrogens (tertiary/aromatic N) is 1. The van der Waals surface area contributed by atoms with E-state index in [1.54, 1.807) is 50.9 Å². The van der Waals surface area contributed by atoms with Crippen molar-refractivity contribution >= 4 is 10.0 Å². The van der Waals surface area contributed by atoms with E-state index in [4.69, 9.17) is 18.9 Å². The average Bonchev–Trinajstić information content (AvgIpc) is 2.86. The summed E-state index contributed by atoms with van der Waals surface area (Å²) < 4.78 is 51.2. The Morgan fingerprint density at radius 3 is 1.97 bits per heavy atom. The summed E-state index contributed by atoms with van der Waals surface area (Å²) in [5.41, 5.74) is 3.61. The zero-order valence-corrected chi connectivity index (χ0v) is 20.8. The molecule has 1 aliphatic heterocycles. The first-order valence-corrected chi connectivity index (χ1v) is 12.3. The summed E-state index contributed by atoms with van der Waals surface area (Å²) in [6.07, 6.45) is 0.546. The van der Waals surface area contributed by atoms with E-state index in [0.717, 1.165) is 22.3 Å². The molecule has 1 aliphatic rings. The number of ether oxygens (including phenoxy) is 4. The highest BCUT2D eigenvalue weighted by molar-refractivity contribution is 7.89.